The van der Waals surface area contributed by atoms with Gasteiger partial charge in [-0.15, -0.1) is 0 Å². The van der Waals surface area contributed by atoms with Crippen LogP contribution in [0.3, 0.4) is 0 Å². The second-order valence-corrected chi connectivity index (χ2v) is 6.37. The Balaban J connectivity index is 1.87. The van der Waals surface area contributed by atoms with E-state index in [4.69, 9.17) is 9.47 Å². The summed E-state index contributed by atoms with van der Waals surface area (Å²) in [5.41, 5.74) is -0.497. The van der Waals surface area contributed by atoms with Crippen molar-refractivity contribution in [3.63, 3.8) is 0 Å². The van der Waals surface area contributed by atoms with Crippen molar-refractivity contribution in [3.05, 3.63) is 42.5 Å². The van der Waals surface area contributed by atoms with Gasteiger partial charge in [-0.1, -0.05) is 30.3 Å². The molecule has 0 bridgehead atoms. The number of amides is 1. The fourth-order valence-corrected chi connectivity index (χ4v) is 2.03. The number of carbonyl (C=O) groups excluding carboxylic acids is 1. The zero-order valence-corrected chi connectivity index (χ0v) is 13.6. The van der Waals surface area contributed by atoms with Gasteiger partial charge >= 0.3 is 6.09 Å². The van der Waals surface area contributed by atoms with Crippen LogP contribution in [0.4, 0.5) is 4.79 Å². The van der Waals surface area contributed by atoms with Gasteiger partial charge in [0.2, 0.25) is 0 Å². The number of hydrogen-bond donors (Lipinski definition) is 1. The van der Waals surface area contributed by atoms with Gasteiger partial charge in [-0.05, 0) is 50.6 Å². The number of carbonyl (C=O) groups is 1. The maximum Gasteiger partial charge on any atom is 0.407 e. The molecule has 0 aliphatic rings. The monoisotopic (exact) mass is 301 g/mol. The van der Waals surface area contributed by atoms with Crippen LogP contribution in [0.2, 0.25) is 0 Å². The first-order valence-corrected chi connectivity index (χ1v) is 7.44. The Hall–Kier alpha value is -2.23. The van der Waals surface area contributed by atoms with Crippen molar-refractivity contribution in [2.24, 2.45) is 0 Å². The summed E-state index contributed by atoms with van der Waals surface area (Å²) in [6.07, 6.45) is -0.429. The van der Waals surface area contributed by atoms with Crippen molar-refractivity contribution in [1.82, 2.24) is 5.32 Å². The second kappa shape index (κ2) is 6.69. The predicted molar refractivity (Wildman–Crippen MR) is 88.3 cm³/mol. The van der Waals surface area contributed by atoms with E-state index < -0.39 is 11.7 Å². The topological polar surface area (TPSA) is 47.6 Å². The Morgan fingerprint density at radius 3 is 2.50 bits per heavy atom. The van der Waals surface area contributed by atoms with Gasteiger partial charge in [-0.3, -0.25) is 0 Å². The molecule has 0 fully saturated rings. The fourth-order valence-electron chi connectivity index (χ4n) is 2.03. The summed E-state index contributed by atoms with van der Waals surface area (Å²) < 4.78 is 10.9. The van der Waals surface area contributed by atoms with E-state index in [9.17, 15) is 4.79 Å². The van der Waals surface area contributed by atoms with E-state index in [1.54, 1.807) is 0 Å². The number of benzene rings is 2. The average molecular weight is 301 g/mol. The van der Waals surface area contributed by atoms with Gasteiger partial charge in [0.1, 0.15) is 18.0 Å². The molecule has 1 amide bonds. The van der Waals surface area contributed by atoms with E-state index in [-0.39, 0.29) is 6.04 Å². The predicted octanol–water partition coefficient (Wildman–Crippen LogP) is 4.13. The van der Waals surface area contributed by atoms with E-state index in [2.05, 4.69) is 11.4 Å². The van der Waals surface area contributed by atoms with Crippen molar-refractivity contribution >= 4 is 16.9 Å². The molecule has 0 aromatic heterocycles. The molecule has 4 nitrogen and oxygen atoms in total. The molecular weight excluding hydrogens is 278 g/mol. The summed E-state index contributed by atoms with van der Waals surface area (Å²) in [4.78, 5) is 11.7. The minimum Gasteiger partial charge on any atom is -0.491 e. The summed E-state index contributed by atoms with van der Waals surface area (Å²) in [6.45, 7) is 7.77. The lowest BCUT2D eigenvalue weighted by molar-refractivity contribution is 0.0494. The van der Waals surface area contributed by atoms with Crippen molar-refractivity contribution in [1.29, 1.82) is 0 Å². The van der Waals surface area contributed by atoms with Crippen LogP contribution in [-0.2, 0) is 4.74 Å². The molecule has 0 spiro atoms. The van der Waals surface area contributed by atoms with Crippen LogP contribution in [0.25, 0.3) is 10.8 Å². The molecule has 0 aliphatic carbocycles. The van der Waals surface area contributed by atoms with Crippen molar-refractivity contribution < 1.29 is 14.3 Å². The summed E-state index contributed by atoms with van der Waals surface area (Å²) in [6, 6.07) is 13.9. The molecule has 2 rings (SSSR count). The van der Waals surface area contributed by atoms with Gasteiger partial charge in [0.05, 0.1) is 6.04 Å². The van der Waals surface area contributed by atoms with E-state index in [1.807, 2.05) is 64.1 Å². The minimum atomic E-state index is -0.497. The molecule has 4 heteroatoms. The highest BCUT2D eigenvalue weighted by Gasteiger charge is 2.17. The lowest BCUT2D eigenvalue weighted by Gasteiger charge is -2.22. The molecular formula is C18H23NO3. The van der Waals surface area contributed by atoms with Crippen LogP contribution < -0.4 is 10.1 Å². The van der Waals surface area contributed by atoms with Crippen LogP contribution in [0, 0.1) is 0 Å². The van der Waals surface area contributed by atoms with Gasteiger partial charge in [0.25, 0.3) is 0 Å². The van der Waals surface area contributed by atoms with E-state index in [0.717, 1.165) is 11.1 Å². The van der Waals surface area contributed by atoms with Crippen LogP contribution >= 0.6 is 0 Å². The number of nitrogens with one attached hydrogen (secondary N) is 1. The largest absolute Gasteiger partial charge is 0.491 e. The SMILES string of the molecule is CC(COc1ccc2ccccc2c1)NC(=O)OC(C)(C)C. The maximum atomic E-state index is 11.7. The van der Waals surface area contributed by atoms with E-state index >= 15 is 0 Å². The molecule has 2 aromatic rings. The third kappa shape index (κ3) is 4.95. The second-order valence-electron chi connectivity index (χ2n) is 6.37. The first-order valence-electron chi connectivity index (χ1n) is 7.44. The molecule has 1 N–H and O–H groups in total. The Labute approximate surface area is 131 Å². The summed E-state index contributed by atoms with van der Waals surface area (Å²) in [7, 11) is 0. The Kier molecular flexibility index (Phi) is 4.91. The summed E-state index contributed by atoms with van der Waals surface area (Å²) in [5, 5.41) is 5.07. The molecule has 0 aliphatic heterocycles. The standard InChI is InChI=1S/C18H23NO3/c1-13(19-17(20)22-18(2,3)4)12-21-16-10-9-14-7-5-6-8-15(14)11-16/h5-11,13H,12H2,1-4H3,(H,19,20). The quantitative estimate of drug-likeness (QED) is 0.923. The number of rotatable bonds is 4. The first kappa shape index (κ1) is 16.1. The normalized spacial score (nSPS) is 12.7. The summed E-state index contributed by atoms with van der Waals surface area (Å²) >= 11 is 0. The number of hydrogen-bond acceptors (Lipinski definition) is 3. The molecule has 0 heterocycles. The minimum absolute atomic E-state index is 0.138. The summed E-state index contributed by atoms with van der Waals surface area (Å²) in [5.74, 6) is 0.788. The number of alkyl carbamates (subject to hydrolysis) is 1. The average Bonchev–Trinajstić information content (AvgIpc) is 2.42. The molecule has 118 valence electrons. The lowest BCUT2D eigenvalue weighted by Crippen LogP contribution is -2.40. The highest BCUT2D eigenvalue weighted by molar-refractivity contribution is 5.83. The Morgan fingerprint density at radius 1 is 1.14 bits per heavy atom. The van der Waals surface area contributed by atoms with Crippen LogP contribution in [0.5, 0.6) is 5.75 Å². The van der Waals surface area contributed by atoms with Crippen molar-refractivity contribution in [3.8, 4) is 5.75 Å². The highest BCUT2D eigenvalue weighted by Crippen LogP contribution is 2.20. The third-order valence-electron chi connectivity index (χ3n) is 2.98. The molecule has 1 unspecified atom stereocenters. The molecule has 0 radical (unpaired) electrons. The van der Waals surface area contributed by atoms with Crippen LogP contribution in [-0.4, -0.2) is 24.3 Å². The molecule has 0 saturated carbocycles. The molecule has 1 atom stereocenters. The van der Waals surface area contributed by atoms with Gasteiger partial charge in [0.15, 0.2) is 0 Å². The Bertz CT molecular complexity index is 646. The molecule has 0 saturated heterocycles. The zero-order chi connectivity index (χ0) is 16.2. The number of ether oxygens (including phenoxy) is 2. The van der Waals surface area contributed by atoms with E-state index in [0.29, 0.717) is 6.61 Å². The molecule has 2 aromatic carbocycles. The fraction of sp³-hybridized carbons (Fsp3) is 0.389. The highest BCUT2D eigenvalue weighted by atomic mass is 16.6. The van der Waals surface area contributed by atoms with Crippen molar-refractivity contribution in [2.45, 2.75) is 39.3 Å². The number of fused-ring (bicyclic) bond motifs is 1. The Morgan fingerprint density at radius 2 is 1.82 bits per heavy atom. The van der Waals surface area contributed by atoms with Gasteiger partial charge in [0, 0.05) is 0 Å². The van der Waals surface area contributed by atoms with E-state index in [1.165, 1.54) is 5.39 Å². The first-order chi connectivity index (χ1) is 10.3. The van der Waals surface area contributed by atoms with Crippen molar-refractivity contribution in [2.75, 3.05) is 6.61 Å². The van der Waals surface area contributed by atoms with Gasteiger partial charge < -0.3 is 14.8 Å². The third-order valence-corrected chi connectivity index (χ3v) is 2.98. The van der Waals surface area contributed by atoms with Crippen LogP contribution in [0.1, 0.15) is 27.7 Å². The van der Waals surface area contributed by atoms with Gasteiger partial charge in [-0.25, -0.2) is 4.79 Å². The molecule has 22 heavy (non-hydrogen) atoms. The zero-order valence-electron chi connectivity index (χ0n) is 13.6. The van der Waals surface area contributed by atoms with Gasteiger partial charge in [-0.2, -0.15) is 0 Å². The maximum absolute atomic E-state index is 11.7. The van der Waals surface area contributed by atoms with Crippen LogP contribution in [0.15, 0.2) is 42.5 Å². The lowest BCUT2D eigenvalue weighted by atomic mass is 10.1. The smallest absolute Gasteiger partial charge is 0.407 e.